The summed E-state index contributed by atoms with van der Waals surface area (Å²) in [4.78, 5) is 0.786. The maximum absolute atomic E-state index is 5.18. The van der Waals surface area contributed by atoms with Crippen molar-refractivity contribution in [3.05, 3.63) is 36.2 Å². The Hall–Kier alpha value is -2.74. The van der Waals surface area contributed by atoms with Crippen molar-refractivity contribution < 1.29 is 4.74 Å². The molecule has 122 valence electrons. The highest BCUT2D eigenvalue weighted by Gasteiger charge is 2.16. The minimum Gasteiger partial charge on any atom is -0.497 e. The maximum atomic E-state index is 5.18. The second-order valence-electron chi connectivity index (χ2n) is 5.71. The molecule has 3 aromatic heterocycles. The fraction of sp³-hybridized carbons (Fsp3) is 0.250. The third-order valence-corrected chi connectivity index (χ3v) is 4.66. The third kappa shape index (κ3) is 2.44. The number of hydrogen-bond acceptors (Lipinski definition) is 6. The zero-order chi connectivity index (χ0) is 16.7. The minimum absolute atomic E-state index is 0.270. The molecule has 0 amide bonds. The van der Waals surface area contributed by atoms with E-state index in [0.29, 0.717) is 0 Å². The highest BCUT2D eigenvalue weighted by Crippen LogP contribution is 2.29. The Bertz CT molecular complexity index is 982. The number of ether oxygens (including phenoxy) is 1. The summed E-state index contributed by atoms with van der Waals surface area (Å²) in [5, 5.41) is 21.3. The summed E-state index contributed by atoms with van der Waals surface area (Å²) in [6.45, 7) is 4.15. The predicted octanol–water partition coefficient (Wildman–Crippen LogP) is 3.37. The molecule has 3 heterocycles. The molecule has 0 unspecified atom stereocenters. The van der Waals surface area contributed by atoms with Crippen LogP contribution >= 0.6 is 11.3 Å². The lowest BCUT2D eigenvalue weighted by Crippen LogP contribution is -1.97. The van der Waals surface area contributed by atoms with Crippen LogP contribution in [0.3, 0.4) is 0 Å². The fourth-order valence-corrected chi connectivity index (χ4v) is 3.25. The highest BCUT2D eigenvalue weighted by molar-refractivity contribution is 7.19. The average Bonchev–Trinajstić information content (AvgIpc) is 3.29. The quantitative estimate of drug-likeness (QED) is 0.616. The van der Waals surface area contributed by atoms with Gasteiger partial charge in [0.15, 0.2) is 10.8 Å². The van der Waals surface area contributed by atoms with E-state index >= 15 is 0 Å². The van der Waals surface area contributed by atoms with Crippen molar-refractivity contribution in [2.75, 3.05) is 7.11 Å². The van der Waals surface area contributed by atoms with Crippen LogP contribution in [0.1, 0.15) is 25.6 Å². The molecule has 0 radical (unpaired) electrons. The van der Waals surface area contributed by atoms with E-state index in [9.17, 15) is 0 Å². The van der Waals surface area contributed by atoms with E-state index in [4.69, 9.17) is 4.74 Å². The number of rotatable bonds is 4. The highest BCUT2D eigenvalue weighted by atomic mass is 32.1. The van der Waals surface area contributed by atoms with Crippen molar-refractivity contribution in [3.8, 4) is 27.7 Å². The van der Waals surface area contributed by atoms with Crippen LogP contribution in [-0.2, 0) is 0 Å². The molecule has 0 aliphatic rings. The second kappa shape index (κ2) is 5.72. The van der Waals surface area contributed by atoms with Crippen molar-refractivity contribution in [2.24, 2.45) is 0 Å². The van der Waals surface area contributed by atoms with Crippen LogP contribution in [0.25, 0.3) is 26.9 Å². The number of methoxy groups -OCH3 is 1. The largest absolute Gasteiger partial charge is 0.497 e. The van der Waals surface area contributed by atoms with Gasteiger partial charge < -0.3 is 4.74 Å². The lowest BCUT2D eigenvalue weighted by molar-refractivity contribution is 0.415. The van der Waals surface area contributed by atoms with Crippen LogP contribution in [0.4, 0.5) is 0 Å². The molecule has 0 bridgehead atoms. The van der Waals surface area contributed by atoms with Crippen molar-refractivity contribution in [1.29, 1.82) is 0 Å². The molecule has 7 nitrogen and oxygen atoms in total. The lowest BCUT2D eigenvalue weighted by atomic mass is 10.1. The van der Waals surface area contributed by atoms with Crippen molar-refractivity contribution in [2.45, 2.75) is 19.8 Å². The Kier molecular flexibility index (Phi) is 3.53. The Morgan fingerprint density at radius 2 is 1.96 bits per heavy atom. The first-order valence-electron chi connectivity index (χ1n) is 7.58. The van der Waals surface area contributed by atoms with Gasteiger partial charge in [-0.25, -0.2) is 0 Å². The summed E-state index contributed by atoms with van der Waals surface area (Å²) in [6.07, 6.45) is 0. The first-order valence-corrected chi connectivity index (χ1v) is 8.39. The van der Waals surface area contributed by atoms with Crippen LogP contribution in [0.15, 0.2) is 30.3 Å². The predicted molar refractivity (Wildman–Crippen MR) is 92.3 cm³/mol. The molecule has 4 rings (SSSR count). The zero-order valence-electron chi connectivity index (χ0n) is 13.5. The topological polar surface area (TPSA) is 81.0 Å². The summed E-state index contributed by atoms with van der Waals surface area (Å²) < 4.78 is 6.99. The summed E-state index contributed by atoms with van der Waals surface area (Å²) in [5.41, 5.74) is 2.75. The molecular weight excluding hydrogens is 324 g/mol. The maximum Gasteiger partial charge on any atom is 0.235 e. The van der Waals surface area contributed by atoms with Gasteiger partial charge in [-0.15, -0.1) is 10.2 Å². The van der Waals surface area contributed by atoms with E-state index in [2.05, 4.69) is 39.3 Å². The van der Waals surface area contributed by atoms with Crippen molar-refractivity contribution in [3.63, 3.8) is 0 Å². The molecule has 0 spiro atoms. The van der Waals surface area contributed by atoms with Crippen molar-refractivity contribution >= 4 is 16.3 Å². The van der Waals surface area contributed by atoms with Crippen molar-refractivity contribution in [1.82, 2.24) is 30.0 Å². The Balaban J connectivity index is 1.69. The van der Waals surface area contributed by atoms with E-state index < -0.39 is 0 Å². The van der Waals surface area contributed by atoms with Gasteiger partial charge in [0.2, 0.25) is 4.96 Å². The molecule has 8 heteroatoms. The second-order valence-corrected chi connectivity index (χ2v) is 6.67. The van der Waals surface area contributed by atoms with E-state index in [1.165, 1.54) is 11.3 Å². The van der Waals surface area contributed by atoms with E-state index in [1.54, 1.807) is 11.6 Å². The Morgan fingerprint density at radius 1 is 1.17 bits per heavy atom. The van der Waals surface area contributed by atoms with Gasteiger partial charge in [-0.2, -0.15) is 14.7 Å². The van der Waals surface area contributed by atoms with Gasteiger partial charge in [0, 0.05) is 11.5 Å². The van der Waals surface area contributed by atoms with Gasteiger partial charge >= 0.3 is 0 Å². The molecular formula is C16H16N6OS. The number of aromatic nitrogens is 6. The Morgan fingerprint density at radius 3 is 2.67 bits per heavy atom. The Labute approximate surface area is 142 Å². The number of nitrogens with one attached hydrogen (secondary N) is 1. The van der Waals surface area contributed by atoms with Crippen LogP contribution in [-0.4, -0.2) is 37.1 Å². The van der Waals surface area contributed by atoms with E-state index in [-0.39, 0.29) is 5.92 Å². The molecule has 0 fully saturated rings. The molecule has 1 aromatic carbocycles. The molecule has 4 aromatic rings. The van der Waals surface area contributed by atoms with Gasteiger partial charge in [0.1, 0.15) is 5.75 Å². The van der Waals surface area contributed by atoms with Crippen LogP contribution in [0.2, 0.25) is 0 Å². The number of fused-ring (bicyclic) bond motifs is 1. The normalized spacial score (nSPS) is 11.5. The first kappa shape index (κ1) is 14.8. The van der Waals surface area contributed by atoms with Crippen LogP contribution < -0.4 is 4.74 Å². The molecule has 24 heavy (non-hydrogen) atoms. The van der Waals surface area contributed by atoms with Gasteiger partial charge in [-0.3, -0.25) is 5.10 Å². The fourth-order valence-electron chi connectivity index (χ4n) is 2.44. The van der Waals surface area contributed by atoms with E-state index in [0.717, 1.165) is 38.5 Å². The molecule has 1 N–H and O–H groups in total. The number of aromatic amines is 1. The summed E-state index contributed by atoms with van der Waals surface area (Å²) in [5.74, 6) is 1.96. The summed E-state index contributed by atoms with van der Waals surface area (Å²) in [6, 6.07) is 9.79. The standard InChI is InChI=1S/C16H16N6OS/c1-9(2)14-19-20-16-22(14)21-15(24-16)13-8-12(17-18-13)10-4-6-11(23-3)7-5-10/h4-9H,1-3H3,(H,17,18). The number of hydrogen-bond donors (Lipinski definition) is 1. The molecule has 0 saturated carbocycles. The average molecular weight is 340 g/mol. The first-order chi connectivity index (χ1) is 11.7. The van der Waals surface area contributed by atoms with Gasteiger partial charge in [0.25, 0.3) is 0 Å². The monoisotopic (exact) mass is 340 g/mol. The minimum atomic E-state index is 0.270. The third-order valence-electron chi connectivity index (χ3n) is 3.73. The van der Waals surface area contributed by atoms with E-state index in [1.807, 2.05) is 30.3 Å². The smallest absolute Gasteiger partial charge is 0.235 e. The number of H-pyrrole nitrogens is 1. The zero-order valence-corrected chi connectivity index (χ0v) is 14.3. The van der Waals surface area contributed by atoms with Crippen LogP contribution in [0.5, 0.6) is 5.75 Å². The molecule has 0 saturated heterocycles. The summed E-state index contributed by atoms with van der Waals surface area (Å²) >= 11 is 1.49. The molecule has 0 aliphatic heterocycles. The van der Waals surface area contributed by atoms with Gasteiger partial charge in [-0.1, -0.05) is 25.2 Å². The number of nitrogens with zero attached hydrogens (tertiary/aromatic N) is 5. The molecule has 0 aliphatic carbocycles. The SMILES string of the molecule is COc1ccc(-c2cc(-c3nn4c(C(C)C)nnc4s3)[nH]n2)cc1. The lowest BCUT2D eigenvalue weighted by Gasteiger charge is -1.99. The summed E-state index contributed by atoms with van der Waals surface area (Å²) in [7, 11) is 1.65. The number of benzene rings is 1. The van der Waals surface area contributed by atoms with Crippen LogP contribution in [0, 0.1) is 0 Å². The molecule has 0 atom stereocenters. The van der Waals surface area contributed by atoms with Gasteiger partial charge in [-0.05, 0) is 30.3 Å². The van der Waals surface area contributed by atoms with Gasteiger partial charge in [0.05, 0.1) is 18.5 Å².